The van der Waals surface area contributed by atoms with Crippen molar-refractivity contribution < 1.29 is 9.47 Å². The maximum absolute atomic E-state index is 5.43. The molecule has 2 nitrogen and oxygen atoms in total. The lowest BCUT2D eigenvalue weighted by Crippen LogP contribution is -2.18. The minimum atomic E-state index is 0.0133. The Morgan fingerprint density at radius 1 is 1.00 bits per heavy atom. The maximum atomic E-state index is 5.43. The van der Waals surface area contributed by atoms with Crippen LogP contribution in [0.25, 0.3) is 0 Å². The standard InChI is InChI=1S/C10H22O2S/c1-4-8-13-9-7-10(11-5-2)12-6-3/h10H,4-9H2,1-3H3. The minimum absolute atomic E-state index is 0.0133. The molecule has 0 radical (unpaired) electrons. The van der Waals surface area contributed by atoms with Crippen molar-refractivity contribution in [3.05, 3.63) is 0 Å². The van der Waals surface area contributed by atoms with E-state index in [1.807, 2.05) is 25.6 Å². The van der Waals surface area contributed by atoms with E-state index in [4.69, 9.17) is 9.47 Å². The van der Waals surface area contributed by atoms with Gasteiger partial charge in [-0.25, -0.2) is 0 Å². The first kappa shape index (κ1) is 13.3. The Kier molecular flexibility index (Phi) is 10.6. The molecule has 0 unspecified atom stereocenters. The number of hydrogen-bond acceptors (Lipinski definition) is 3. The van der Waals surface area contributed by atoms with Crippen molar-refractivity contribution >= 4 is 11.8 Å². The van der Waals surface area contributed by atoms with Crippen molar-refractivity contribution in [1.82, 2.24) is 0 Å². The third-order valence-electron chi connectivity index (χ3n) is 1.55. The predicted octanol–water partition coefficient (Wildman–Crippen LogP) is 2.92. The average Bonchev–Trinajstić information content (AvgIpc) is 2.13. The first-order valence-corrected chi connectivity index (χ1v) is 6.31. The van der Waals surface area contributed by atoms with E-state index in [9.17, 15) is 0 Å². The first-order chi connectivity index (χ1) is 6.35. The van der Waals surface area contributed by atoms with Crippen LogP contribution in [-0.2, 0) is 9.47 Å². The number of rotatable bonds is 9. The van der Waals surface area contributed by atoms with E-state index in [2.05, 4.69) is 6.92 Å². The third-order valence-corrected chi connectivity index (χ3v) is 2.77. The van der Waals surface area contributed by atoms with E-state index in [0.29, 0.717) is 0 Å². The molecule has 0 N–H and O–H groups in total. The normalized spacial score (nSPS) is 11.1. The first-order valence-electron chi connectivity index (χ1n) is 5.16. The summed E-state index contributed by atoms with van der Waals surface area (Å²) in [5, 5.41) is 0. The molecule has 80 valence electrons. The van der Waals surface area contributed by atoms with E-state index >= 15 is 0 Å². The van der Waals surface area contributed by atoms with Crippen LogP contribution in [0.15, 0.2) is 0 Å². The van der Waals surface area contributed by atoms with Crippen molar-refractivity contribution in [2.75, 3.05) is 24.7 Å². The minimum Gasteiger partial charge on any atom is -0.353 e. The molecular formula is C10H22O2S. The third kappa shape index (κ3) is 8.60. The molecule has 0 bridgehead atoms. The molecule has 0 aromatic carbocycles. The summed E-state index contributed by atoms with van der Waals surface area (Å²) in [5.74, 6) is 2.38. The molecule has 0 amide bonds. The lowest BCUT2D eigenvalue weighted by Gasteiger charge is -2.16. The zero-order valence-electron chi connectivity index (χ0n) is 9.04. The van der Waals surface area contributed by atoms with Gasteiger partial charge in [-0.1, -0.05) is 6.92 Å². The molecule has 0 aromatic rings. The fraction of sp³-hybridized carbons (Fsp3) is 1.00. The summed E-state index contributed by atoms with van der Waals surface area (Å²) in [6, 6.07) is 0. The molecule has 0 aliphatic carbocycles. The van der Waals surface area contributed by atoms with Crippen LogP contribution in [0.3, 0.4) is 0 Å². The van der Waals surface area contributed by atoms with Gasteiger partial charge in [-0.3, -0.25) is 0 Å². The largest absolute Gasteiger partial charge is 0.353 e. The van der Waals surface area contributed by atoms with Crippen molar-refractivity contribution in [1.29, 1.82) is 0 Å². The Labute approximate surface area is 86.4 Å². The molecule has 0 spiro atoms. The molecule has 0 saturated heterocycles. The second kappa shape index (κ2) is 10.4. The second-order valence-electron chi connectivity index (χ2n) is 2.74. The summed E-state index contributed by atoms with van der Waals surface area (Å²) in [5.41, 5.74) is 0. The van der Waals surface area contributed by atoms with Gasteiger partial charge in [-0.05, 0) is 31.8 Å². The van der Waals surface area contributed by atoms with Crippen LogP contribution >= 0.6 is 11.8 Å². The van der Waals surface area contributed by atoms with E-state index < -0.39 is 0 Å². The van der Waals surface area contributed by atoms with Crippen LogP contribution in [0, 0.1) is 0 Å². The fourth-order valence-corrected chi connectivity index (χ4v) is 1.86. The number of hydrogen-bond donors (Lipinski definition) is 0. The average molecular weight is 206 g/mol. The Morgan fingerprint density at radius 3 is 2.08 bits per heavy atom. The van der Waals surface area contributed by atoms with Gasteiger partial charge in [0.05, 0.1) is 0 Å². The Hall–Kier alpha value is 0.270. The van der Waals surface area contributed by atoms with Gasteiger partial charge < -0.3 is 9.47 Å². The van der Waals surface area contributed by atoms with Gasteiger partial charge in [-0.2, -0.15) is 11.8 Å². The monoisotopic (exact) mass is 206 g/mol. The summed E-state index contributed by atoms with van der Waals surface area (Å²) >= 11 is 1.97. The van der Waals surface area contributed by atoms with E-state index in [0.717, 1.165) is 25.4 Å². The fourth-order valence-electron chi connectivity index (χ4n) is 1.01. The maximum Gasteiger partial charge on any atom is 0.158 e. The predicted molar refractivity (Wildman–Crippen MR) is 59.3 cm³/mol. The van der Waals surface area contributed by atoms with Gasteiger partial charge in [0.25, 0.3) is 0 Å². The molecule has 0 fully saturated rings. The SMILES string of the molecule is CCCSCCC(OCC)OCC. The van der Waals surface area contributed by atoms with Crippen LogP contribution < -0.4 is 0 Å². The van der Waals surface area contributed by atoms with Crippen molar-refractivity contribution in [3.63, 3.8) is 0 Å². The zero-order chi connectivity index (χ0) is 9.94. The Bertz CT molecular complexity index is 92.9. The summed E-state index contributed by atoms with van der Waals surface area (Å²) < 4.78 is 10.9. The molecule has 0 aliphatic rings. The molecule has 0 rings (SSSR count). The molecule has 0 aliphatic heterocycles. The summed E-state index contributed by atoms with van der Waals surface area (Å²) in [6.07, 6.45) is 2.27. The summed E-state index contributed by atoms with van der Waals surface area (Å²) in [4.78, 5) is 0. The molecule has 0 saturated carbocycles. The molecule has 0 atom stereocenters. The van der Waals surface area contributed by atoms with Crippen LogP contribution in [0.1, 0.15) is 33.6 Å². The van der Waals surface area contributed by atoms with E-state index in [1.165, 1.54) is 12.2 Å². The quantitative estimate of drug-likeness (QED) is 0.427. The van der Waals surface area contributed by atoms with Gasteiger partial charge in [-0.15, -0.1) is 0 Å². The smallest absolute Gasteiger partial charge is 0.158 e. The Morgan fingerprint density at radius 2 is 1.62 bits per heavy atom. The molecule has 0 heterocycles. The summed E-state index contributed by atoms with van der Waals surface area (Å²) in [6.45, 7) is 7.69. The van der Waals surface area contributed by atoms with Gasteiger partial charge in [0, 0.05) is 19.6 Å². The topological polar surface area (TPSA) is 18.5 Å². The van der Waals surface area contributed by atoms with Crippen LogP contribution in [0.5, 0.6) is 0 Å². The summed E-state index contributed by atoms with van der Waals surface area (Å²) in [7, 11) is 0. The van der Waals surface area contributed by atoms with E-state index in [-0.39, 0.29) is 6.29 Å². The van der Waals surface area contributed by atoms with Crippen LogP contribution in [0.4, 0.5) is 0 Å². The van der Waals surface area contributed by atoms with Gasteiger partial charge in [0.1, 0.15) is 0 Å². The van der Waals surface area contributed by atoms with Crippen molar-refractivity contribution in [2.45, 2.75) is 39.9 Å². The molecule has 13 heavy (non-hydrogen) atoms. The lowest BCUT2D eigenvalue weighted by molar-refractivity contribution is -0.136. The highest BCUT2D eigenvalue weighted by Crippen LogP contribution is 2.09. The number of thioether (sulfide) groups is 1. The van der Waals surface area contributed by atoms with Crippen LogP contribution in [-0.4, -0.2) is 31.0 Å². The highest BCUT2D eigenvalue weighted by molar-refractivity contribution is 7.99. The highest BCUT2D eigenvalue weighted by atomic mass is 32.2. The van der Waals surface area contributed by atoms with Gasteiger partial charge in [0.15, 0.2) is 6.29 Å². The zero-order valence-corrected chi connectivity index (χ0v) is 9.86. The van der Waals surface area contributed by atoms with Gasteiger partial charge >= 0.3 is 0 Å². The Balaban J connectivity index is 3.33. The van der Waals surface area contributed by atoms with Crippen molar-refractivity contribution in [2.24, 2.45) is 0 Å². The van der Waals surface area contributed by atoms with E-state index in [1.54, 1.807) is 0 Å². The highest BCUT2D eigenvalue weighted by Gasteiger charge is 2.06. The number of ether oxygens (including phenoxy) is 2. The molecular weight excluding hydrogens is 184 g/mol. The lowest BCUT2D eigenvalue weighted by atomic mass is 10.5. The molecule has 3 heteroatoms. The van der Waals surface area contributed by atoms with Gasteiger partial charge in [0.2, 0.25) is 0 Å². The van der Waals surface area contributed by atoms with Crippen molar-refractivity contribution in [3.8, 4) is 0 Å². The van der Waals surface area contributed by atoms with Crippen LogP contribution in [0.2, 0.25) is 0 Å². The second-order valence-corrected chi connectivity index (χ2v) is 3.97. The molecule has 0 aromatic heterocycles.